The number of fused-ring (bicyclic) bond motifs is 1. The third-order valence-corrected chi connectivity index (χ3v) is 6.26. The van der Waals surface area contributed by atoms with Crippen molar-refractivity contribution < 1.29 is 23.4 Å². The van der Waals surface area contributed by atoms with E-state index in [4.69, 9.17) is 19.9 Å². The minimum atomic E-state index is -0.516. The number of primary amides is 1. The Morgan fingerprint density at radius 1 is 1.11 bits per heavy atom. The zero-order valence-corrected chi connectivity index (χ0v) is 20.6. The number of nitrogens with one attached hydrogen (secondary N) is 1. The number of amides is 1. The van der Waals surface area contributed by atoms with Gasteiger partial charge in [-0.15, -0.1) is 0 Å². The molecule has 0 spiro atoms. The van der Waals surface area contributed by atoms with Gasteiger partial charge in [0.1, 0.15) is 29.8 Å². The number of aromatic nitrogens is 4. The Labute approximate surface area is 212 Å². The Morgan fingerprint density at radius 2 is 1.86 bits per heavy atom. The first-order valence-corrected chi connectivity index (χ1v) is 11.6. The highest BCUT2D eigenvalue weighted by molar-refractivity contribution is 5.92. The average molecular weight is 508 g/mol. The van der Waals surface area contributed by atoms with Crippen molar-refractivity contribution in [3.63, 3.8) is 0 Å². The van der Waals surface area contributed by atoms with E-state index in [1.54, 1.807) is 61.5 Å². The predicted molar refractivity (Wildman–Crippen MR) is 136 cm³/mol. The van der Waals surface area contributed by atoms with Gasteiger partial charge in [-0.25, -0.2) is 14.4 Å². The SMILES string of the molecule is COc1cc(-n2cnc(Nc3nc(N4CCCC4C(N)=O)nc4cc(F)ccc34)c2)cc(OC)c1OC. The number of hydrogen-bond acceptors (Lipinski definition) is 9. The van der Waals surface area contributed by atoms with Gasteiger partial charge >= 0.3 is 0 Å². The van der Waals surface area contributed by atoms with Gasteiger partial charge in [0.15, 0.2) is 11.5 Å². The molecule has 11 nitrogen and oxygen atoms in total. The monoisotopic (exact) mass is 507 g/mol. The third kappa shape index (κ3) is 4.53. The van der Waals surface area contributed by atoms with Gasteiger partial charge < -0.3 is 34.7 Å². The second kappa shape index (κ2) is 9.80. The van der Waals surface area contributed by atoms with Crippen LogP contribution in [-0.2, 0) is 4.79 Å². The number of carbonyl (C=O) groups excluding carboxylic acids is 1. The minimum absolute atomic E-state index is 0.297. The predicted octanol–water partition coefficient (Wildman–Crippen LogP) is 3.18. The van der Waals surface area contributed by atoms with E-state index < -0.39 is 17.8 Å². The smallest absolute Gasteiger partial charge is 0.240 e. The number of carbonyl (C=O) groups is 1. The first-order valence-electron chi connectivity index (χ1n) is 11.6. The van der Waals surface area contributed by atoms with Gasteiger partial charge in [-0.2, -0.15) is 4.98 Å². The molecule has 2 aromatic carbocycles. The highest BCUT2D eigenvalue weighted by atomic mass is 19.1. The summed E-state index contributed by atoms with van der Waals surface area (Å²) in [5.74, 6) is 1.82. The summed E-state index contributed by atoms with van der Waals surface area (Å²) in [6.07, 6.45) is 4.78. The van der Waals surface area contributed by atoms with E-state index in [1.807, 2.05) is 0 Å². The Kier molecular flexibility index (Phi) is 6.38. The normalized spacial score (nSPS) is 15.1. The Morgan fingerprint density at radius 3 is 2.54 bits per heavy atom. The van der Waals surface area contributed by atoms with Crippen molar-refractivity contribution in [2.45, 2.75) is 18.9 Å². The molecule has 0 radical (unpaired) electrons. The zero-order chi connectivity index (χ0) is 26.1. The fourth-order valence-electron chi connectivity index (χ4n) is 4.48. The van der Waals surface area contributed by atoms with Crippen molar-refractivity contribution in [3.05, 3.63) is 48.7 Å². The topological polar surface area (TPSA) is 130 Å². The number of hydrogen-bond donors (Lipinski definition) is 2. The van der Waals surface area contributed by atoms with E-state index in [9.17, 15) is 9.18 Å². The Bertz CT molecular complexity index is 1450. The molecular formula is C25H26FN7O4. The summed E-state index contributed by atoms with van der Waals surface area (Å²) >= 11 is 0. The van der Waals surface area contributed by atoms with E-state index in [2.05, 4.69) is 20.3 Å². The number of rotatable bonds is 8. The van der Waals surface area contributed by atoms with Gasteiger partial charge in [0, 0.05) is 30.1 Å². The minimum Gasteiger partial charge on any atom is -0.493 e. The Hall–Kier alpha value is -4.61. The molecule has 0 bridgehead atoms. The lowest BCUT2D eigenvalue weighted by molar-refractivity contribution is -0.119. The van der Waals surface area contributed by atoms with Gasteiger partial charge in [-0.05, 0) is 25.0 Å². The standard InChI is InChI=1S/C25H26FN7O4/c1-35-19-10-15(11-20(36-2)22(19)37-3)32-12-21(28-13-32)30-24-16-7-6-14(26)9-17(16)29-25(31-24)33-8-4-5-18(33)23(27)34/h6-7,9-13,18H,4-5,8H2,1-3H3,(H2,27,34)(H,29,30,31). The second-order valence-electron chi connectivity index (χ2n) is 8.46. The van der Waals surface area contributed by atoms with Crippen molar-refractivity contribution in [2.24, 2.45) is 5.73 Å². The first-order chi connectivity index (χ1) is 17.9. The maximum absolute atomic E-state index is 14.1. The molecule has 4 aromatic rings. The van der Waals surface area contributed by atoms with Gasteiger partial charge in [0.2, 0.25) is 17.6 Å². The summed E-state index contributed by atoms with van der Waals surface area (Å²) in [6.45, 7) is 0.573. The number of benzene rings is 2. The number of halogens is 1. The molecule has 0 aliphatic carbocycles. The molecule has 1 fully saturated rings. The number of nitrogens with zero attached hydrogens (tertiary/aromatic N) is 5. The van der Waals surface area contributed by atoms with Crippen LogP contribution in [0.2, 0.25) is 0 Å². The molecule has 3 heterocycles. The summed E-state index contributed by atoms with van der Waals surface area (Å²) < 4.78 is 32.1. The van der Waals surface area contributed by atoms with Crippen LogP contribution in [0, 0.1) is 5.82 Å². The van der Waals surface area contributed by atoms with Crippen molar-refractivity contribution in [1.29, 1.82) is 0 Å². The van der Waals surface area contributed by atoms with Crippen LogP contribution in [0.25, 0.3) is 16.6 Å². The lowest BCUT2D eigenvalue weighted by Crippen LogP contribution is -2.41. The lowest BCUT2D eigenvalue weighted by atomic mass is 10.2. The summed E-state index contributed by atoms with van der Waals surface area (Å²) in [5.41, 5.74) is 6.71. The quantitative estimate of drug-likeness (QED) is 0.369. The second-order valence-corrected chi connectivity index (χ2v) is 8.46. The number of methoxy groups -OCH3 is 3. The van der Waals surface area contributed by atoms with Crippen LogP contribution in [-0.4, -0.2) is 59.3 Å². The Balaban J connectivity index is 1.52. The molecule has 1 unspecified atom stereocenters. The molecule has 2 aromatic heterocycles. The number of nitrogens with two attached hydrogens (primary N) is 1. The van der Waals surface area contributed by atoms with Crippen LogP contribution in [0.5, 0.6) is 17.2 Å². The largest absolute Gasteiger partial charge is 0.493 e. The number of ether oxygens (including phenoxy) is 3. The molecule has 1 saturated heterocycles. The van der Waals surface area contributed by atoms with Crippen LogP contribution < -0.4 is 30.2 Å². The highest BCUT2D eigenvalue weighted by Crippen LogP contribution is 2.39. The van der Waals surface area contributed by atoms with E-state index in [-0.39, 0.29) is 0 Å². The first kappa shape index (κ1) is 24.1. The highest BCUT2D eigenvalue weighted by Gasteiger charge is 2.31. The molecule has 12 heteroatoms. The molecule has 5 rings (SSSR count). The maximum atomic E-state index is 14.1. The molecule has 1 aliphatic rings. The van der Waals surface area contributed by atoms with Gasteiger partial charge in [-0.1, -0.05) is 0 Å². The molecular weight excluding hydrogens is 481 g/mol. The van der Waals surface area contributed by atoms with E-state index in [1.165, 1.54) is 12.1 Å². The maximum Gasteiger partial charge on any atom is 0.240 e. The fourth-order valence-corrected chi connectivity index (χ4v) is 4.48. The van der Waals surface area contributed by atoms with Crippen LogP contribution in [0.1, 0.15) is 12.8 Å². The summed E-state index contributed by atoms with van der Waals surface area (Å²) in [6, 6.07) is 7.35. The van der Waals surface area contributed by atoms with E-state index >= 15 is 0 Å². The lowest BCUT2D eigenvalue weighted by Gasteiger charge is -2.23. The zero-order valence-electron chi connectivity index (χ0n) is 20.6. The average Bonchev–Trinajstić information content (AvgIpc) is 3.57. The molecule has 1 atom stereocenters. The van der Waals surface area contributed by atoms with Crippen LogP contribution in [0.4, 0.5) is 22.0 Å². The molecule has 1 aliphatic heterocycles. The number of anilines is 3. The van der Waals surface area contributed by atoms with Crippen molar-refractivity contribution in [2.75, 3.05) is 38.1 Å². The van der Waals surface area contributed by atoms with Crippen molar-refractivity contribution >= 4 is 34.4 Å². The molecule has 0 saturated carbocycles. The molecule has 192 valence electrons. The van der Waals surface area contributed by atoms with Crippen molar-refractivity contribution in [1.82, 2.24) is 19.5 Å². The molecule has 3 N–H and O–H groups in total. The number of imidazole rings is 1. The van der Waals surface area contributed by atoms with Gasteiger partial charge in [0.05, 0.1) is 38.7 Å². The summed E-state index contributed by atoms with van der Waals surface area (Å²) in [5, 5.41) is 3.81. The van der Waals surface area contributed by atoms with Gasteiger partial charge in [0.25, 0.3) is 0 Å². The molecule has 37 heavy (non-hydrogen) atoms. The van der Waals surface area contributed by atoms with Crippen molar-refractivity contribution in [3.8, 4) is 22.9 Å². The summed E-state index contributed by atoms with van der Waals surface area (Å²) in [7, 11) is 4.64. The van der Waals surface area contributed by atoms with E-state index in [0.717, 1.165) is 12.1 Å². The van der Waals surface area contributed by atoms with Crippen LogP contribution in [0.3, 0.4) is 0 Å². The molecule has 1 amide bonds. The summed E-state index contributed by atoms with van der Waals surface area (Å²) in [4.78, 5) is 27.4. The van der Waals surface area contributed by atoms with Crippen LogP contribution >= 0.6 is 0 Å². The fraction of sp³-hybridized carbons (Fsp3) is 0.280. The van der Waals surface area contributed by atoms with E-state index in [0.29, 0.717) is 58.7 Å². The van der Waals surface area contributed by atoms with Gasteiger partial charge in [-0.3, -0.25) is 4.79 Å². The third-order valence-electron chi connectivity index (χ3n) is 6.26. The van der Waals surface area contributed by atoms with Crippen LogP contribution in [0.15, 0.2) is 42.9 Å².